The van der Waals surface area contributed by atoms with Crippen molar-refractivity contribution >= 4 is 0 Å². The zero-order valence-corrected chi connectivity index (χ0v) is 14.8. The third-order valence-corrected chi connectivity index (χ3v) is 3.86. The minimum Gasteiger partial charge on any atom is -0.492 e. The molecule has 0 spiro atoms. The van der Waals surface area contributed by atoms with Crippen LogP contribution in [0.3, 0.4) is 0 Å². The van der Waals surface area contributed by atoms with E-state index in [4.69, 9.17) is 4.74 Å². The van der Waals surface area contributed by atoms with Gasteiger partial charge >= 0.3 is 0 Å². The van der Waals surface area contributed by atoms with Crippen molar-refractivity contribution in [2.75, 3.05) is 6.61 Å². The normalized spacial score (nSPS) is 10.1. The number of nitrogens with zero attached hydrogens (tertiary/aromatic N) is 1. The molecule has 0 aliphatic carbocycles. The topological polar surface area (TPSA) is 22.1 Å². The Morgan fingerprint density at radius 2 is 1.67 bits per heavy atom. The van der Waals surface area contributed by atoms with Crippen molar-refractivity contribution in [3.8, 4) is 17.6 Å². The Bertz CT molecular complexity index is 590. The molecule has 0 radical (unpaired) electrons. The van der Waals surface area contributed by atoms with Gasteiger partial charge in [-0.3, -0.25) is 0 Å². The molecule has 24 heavy (non-hydrogen) atoms. The van der Waals surface area contributed by atoms with Gasteiger partial charge in [-0.25, -0.2) is 4.98 Å². The average molecular weight is 321 g/mol. The molecule has 0 bridgehead atoms. The molecule has 126 valence electrons. The lowest BCUT2D eigenvalue weighted by Gasteiger charge is -2.03. The Morgan fingerprint density at radius 3 is 2.33 bits per heavy atom. The van der Waals surface area contributed by atoms with Gasteiger partial charge in [-0.1, -0.05) is 51.2 Å². The largest absolute Gasteiger partial charge is 0.492 e. The molecule has 0 saturated heterocycles. The van der Waals surface area contributed by atoms with Crippen molar-refractivity contribution in [1.29, 1.82) is 0 Å². The van der Waals surface area contributed by atoms with E-state index in [9.17, 15) is 0 Å². The van der Waals surface area contributed by atoms with Gasteiger partial charge in [0.05, 0.1) is 12.8 Å². The summed E-state index contributed by atoms with van der Waals surface area (Å²) in [4.78, 5) is 4.34. The van der Waals surface area contributed by atoms with Gasteiger partial charge in [0.15, 0.2) is 0 Å². The molecular formula is C22H27NO. The second-order valence-corrected chi connectivity index (χ2v) is 5.99. The lowest BCUT2D eigenvalue weighted by atomic mass is 10.1. The zero-order valence-electron chi connectivity index (χ0n) is 14.8. The summed E-state index contributed by atoms with van der Waals surface area (Å²) in [7, 11) is 0. The number of rotatable bonds is 8. The first-order valence-corrected chi connectivity index (χ1v) is 9.01. The Morgan fingerprint density at radius 1 is 0.875 bits per heavy atom. The molecule has 0 N–H and O–H groups in total. The molecule has 0 aliphatic heterocycles. The van der Waals surface area contributed by atoms with Gasteiger partial charge in [-0.2, -0.15) is 0 Å². The van der Waals surface area contributed by atoms with Crippen LogP contribution in [-0.4, -0.2) is 11.6 Å². The number of hydrogen-bond donors (Lipinski definition) is 0. The third kappa shape index (κ3) is 6.46. The fraction of sp³-hybridized carbons (Fsp3) is 0.409. The van der Waals surface area contributed by atoms with Crippen LogP contribution in [0.1, 0.15) is 62.8 Å². The number of aromatic nitrogens is 1. The molecule has 1 heterocycles. The highest BCUT2D eigenvalue weighted by atomic mass is 16.5. The average Bonchev–Trinajstić information content (AvgIpc) is 2.63. The summed E-state index contributed by atoms with van der Waals surface area (Å²) in [5, 5.41) is 0. The van der Waals surface area contributed by atoms with Gasteiger partial charge < -0.3 is 4.74 Å². The quantitative estimate of drug-likeness (QED) is 0.480. The van der Waals surface area contributed by atoms with Gasteiger partial charge in [0.25, 0.3) is 0 Å². The minimum atomic E-state index is 0.744. The molecule has 0 saturated carbocycles. The van der Waals surface area contributed by atoms with Gasteiger partial charge in [0.1, 0.15) is 11.4 Å². The number of benzene rings is 1. The van der Waals surface area contributed by atoms with Crippen LogP contribution in [0, 0.1) is 11.8 Å². The molecular weight excluding hydrogens is 294 g/mol. The molecule has 0 amide bonds. The Balaban J connectivity index is 1.89. The summed E-state index contributed by atoms with van der Waals surface area (Å²) in [5.74, 6) is 7.09. The molecule has 0 atom stereocenters. The highest BCUT2D eigenvalue weighted by Gasteiger charge is 1.96. The van der Waals surface area contributed by atoms with Crippen LogP contribution in [0.25, 0.3) is 0 Å². The molecule has 2 heteroatoms. The molecule has 0 fully saturated rings. The van der Waals surface area contributed by atoms with Crippen LogP contribution in [0.2, 0.25) is 0 Å². The van der Waals surface area contributed by atoms with E-state index in [1.165, 1.54) is 24.8 Å². The van der Waals surface area contributed by atoms with Crippen molar-refractivity contribution in [1.82, 2.24) is 4.98 Å². The summed E-state index contributed by atoms with van der Waals surface area (Å²) >= 11 is 0. The molecule has 1 aromatic carbocycles. The number of aryl methyl sites for hydroxylation is 1. The fourth-order valence-corrected chi connectivity index (χ4v) is 2.34. The van der Waals surface area contributed by atoms with E-state index in [1.807, 2.05) is 12.1 Å². The van der Waals surface area contributed by atoms with Gasteiger partial charge in [-0.15, -0.1) is 0 Å². The summed E-state index contributed by atoms with van der Waals surface area (Å²) in [5.41, 5.74) is 3.19. The maximum atomic E-state index is 5.61. The SMILES string of the molecule is CCCCCc1ccc(C#Cc2ccc(OCCCC)cn2)cc1. The first-order valence-electron chi connectivity index (χ1n) is 9.01. The van der Waals surface area contributed by atoms with E-state index in [0.29, 0.717) is 0 Å². The number of pyridine rings is 1. The third-order valence-electron chi connectivity index (χ3n) is 3.86. The van der Waals surface area contributed by atoms with Crippen LogP contribution in [0.15, 0.2) is 42.6 Å². The number of ether oxygens (including phenoxy) is 1. The molecule has 0 unspecified atom stereocenters. The summed E-state index contributed by atoms with van der Waals surface area (Å²) in [6.45, 7) is 5.13. The predicted molar refractivity (Wildman–Crippen MR) is 100 cm³/mol. The Hall–Kier alpha value is -2.27. The monoisotopic (exact) mass is 321 g/mol. The van der Waals surface area contributed by atoms with Crippen LogP contribution >= 0.6 is 0 Å². The maximum Gasteiger partial charge on any atom is 0.137 e. The van der Waals surface area contributed by atoms with E-state index < -0.39 is 0 Å². The number of hydrogen-bond acceptors (Lipinski definition) is 2. The van der Waals surface area contributed by atoms with Gasteiger partial charge in [-0.05, 0) is 55.0 Å². The second kappa shape index (κ2) is 10.5. The van der Waals surface area contributed by atoms with Crippen LogP contribution < -0.4 is 4.74 Å². The van der Waals surface area contributed by atoms with Crippen molar-refractivity contribution in [2.24, 2.45) is 0 Å². The van der Waals surface area contributed by atoms with Crippen LogP contribution in [-0.2, 0) is 6.42 Å². The minimum absolute atomic E-state index is 0.744. The smallest absolute Gasteiger partial charge is 0.137 e. The highest BCUT2D eigenvalue weighted by Crippen LogP contribution is 2.10. The first kappa shape index (κ1) is 18.1. The fourth-order valence-electron chi connectivity index (χ4n) is 2.34. The molecule has 0 aliphatic rings. The van der Waals surface area contributed by atoms with E-state index in [1.54, 1.807) is 6.20 Å². The molecule has 2 aromatic rings. The molecule has 2 rings (SSSR count). The van der Waals surface area contributed by atoms with Gasteiger partial charge in [0, 0.05) is 5.56 Å². The second-order valence-electron chi connectivity index (χ2n) is 5.99. The number of unbranched alkanes of at least 4 members (excludes halogenated alkanes) is 3. The van der Waals surface area contributed by atoms with Gasteiger partial charge in [0.2, 0.25) is 0 Å². The molecule has 2 nitrogen and oxygen atoms in total. The van der Waals surface area contributed by atoms with Crippen molar-refractivity contribution in [2.45, 2.75) is 52.4 Å². The lowest BCUT2D eigenvalue weighted by molar-refractivity contribution is 0.308. The van der Waals surface area contributed by atoms with E-state index in [-0.39, 0.29) is 0 Å². The first-order chi connectivity index (χ1) is 11.8. The summed E-state index contributed by atoms with van der Waals surface area (Å²) < 4.78 is 5.61. The van der Waals surface area contributed by atoms with Crippen molar-refractivity contribution < 1.29 is 4.74 Å². The van der Waals surface area contributed by atoms with E-state index >= 15 is 0 Å². The van der Waals surface area contributed by atoms with Crippen LogP contribution in [0.5, 0.6) is 5.75 Å². The van der Waals surface area contributed by atoms with Crippen molar-refractivity contribution in [3.63, 3.8) is 0 Å². The highest BCUT2D eigenvalue weighted by molar-refractivity contribution is 5.41. The summed E-state index contributed by atoms with van der Waals surface area (Å²) in [6, 6.07) is 12.4. The summed E-state index contributed by atoms with van der Waals surface area (Å²) in [6.07, 6.45) is 8.92. The predicted octanol–water partition coefficient (Wildman–Crippen LogP) is 5.39. The zero-order chi connectivity index (χ0) is 17.0. The Labute approximate surface area is 146 Å². The lowest BCUT2D eigenvalue weighted by Crippen LogP contribution is -1.97. The standard InChI is InChI=1S/C22H27NO/c1-3-5-7-8-19-9-11-20(12-10-19)13-14-21-15-16-22(18-23-21)24-17-6-4-2/h9-12,15-16,18H,3-8,17H2,1-2H3. The van der Waals surface area contributed by atoms with Crippen LogP contribution in [0.4, 0.5) is 0 Å². The van der Waals surface area contributed by atoms with Crippen molar-refractivity contribution in [3.05, 3.63) is 59.4 Å². The molecule has 1 aromatic heterocycles. The maximum absolute atomic E-state index is 5.61. The van der Waals surface area contributed by atoms with E-state index in [2.05, 4.69) is 54.9 Å². The Kier molecular flexibility index (Phi) is 7.90. The van der Waals surface area contributed by atoms with E-state index in [0.717, 1.165) is 42.9 Å².